The molecule has 2 N–H and O–H groups in total. The van der Waals surface area contributed by atoms with Gasteiger partial charge in [-0.25, -0.2) is 0 Å². The molecule has 8 heteroatoms. The van der Waals surface area contributed by atoms with Crippen LogP contribution in [0.5, 0.6) is 0 Å². The molecule has 0 heterocycles. The van der Waals surface area contributed by atoms with Gasteiger partial charge in [0.05, 0.1) is 6.42 Å². The van der Waals surface area contributed by atoms with Crippen LogP contribution in [0.2, 0.25) is 10.0 Å². The Morgan fingerprint density at radius 1 is 1.18 bits per heavy atom. The van der Waals surface area contributed by atoms with E-state index in [1.54, 1.807) is 6.92 Å². The minimum absolute atomic E-state index is 0.120. The topological polar surface area (TPSA) is 91.7 Å². The van der Waals surface area contributed by atoms with E-state index in [1.807, 2.05) is 0 Å². The Hall–Kier alpha value is -1.24. The molecule has 0 bridgehead atoms. The third-order valence-electron chi connectivity index (χ3n) is 2.88. The highest BCUT2D eigenvalue weighted by Gasteiger charge is 2.23. The van der Waals surface area contributed by atoms with Crippen LogP contribution in [0.25, 0.3) is 0 Å². The molecule has 0 fully saturated rings. The number of rotatable bonds is 8. The number of hydrogen-bond donors (Lipinski definition) is 2. The number of carbonyl (C=O) groups is 3. The molecule has 1 aromatic rings. The second-order valence-electron chi connectivity index (χ2n) is 4.53. The highest BCUT2D eigenvalue weighted by Crippen LogP contribution is 2.27. The van der Waals surface area contributed by atoms with E-state index in [-0.39, 0.29) is 24.2 Å². The lowest BCUT2D eigenvalue weighted by Crippen LogP contribution is -2.21. The van der Waals surface area contributed by atoms with Gasteiger partial charge in [-0.2, -0.15) is 0 Å². The number of aliphatic carboxylic acids is 2. The summed E-state index contributed by atoms with van der Waals surface area (Å²) in [5, 5.41) is 17.3. The number of carboxylic acids is 2. The fraction of sp³-hybridized carbons (Fsp3) is 0.357. The first-order valence-electron chi connectivity index (χ1n) is 6.27. The van der Waals surface area contributed by atoms with Crippen molar-refractivity contribution in [1.82, 2.24) is 0 Å². The number of hydrogen-bond acceptors (Lipinski definition) is 4. The molecule has 1 aromatic carbocycles. The molecule has 0 saturated heterocycles. The lowest BCUT2D eigenvalue weighted by atomic mass is 10.0. The van der Waals surface area contributed by atoms with E-state index in [9.17, 15) is 14.4 Å². The number of Topliss-reactive ketones (excluding diaryl/α,β-unsaturated/α-hetero) is 1. The summed E-state index contributed by atoms with van der Waals surface area (Å²) in [7, 11) is 0. The molecule has 0 aliphatic heterocycles. The Labute approximate surface area is 141 Å². The fourth-order valence-corrected chi connectivity index (χ4v) is 3.07. The molecule has 0 saturated carbocycles. The summed E-state index contributed by atoms with van der Waals surface area (Å²) < 4.78 is 0. The van der Waals surface area contributed by atoms with Gasteiger partial charge >= 0.3 is 11.9 Å². The molecule has 1 unspecified atom stereocenters. The third-order valence-corrected chi connectivity index (χ3v) is 4.88. The number of carboxylic acid groups (broad SMARTS) is 2. The minimum Gasteiger partial charge on any atom is -0.481 e. The first-order valence-corrected chi connectivity index (χ1v) is 8.08. The Morgan fingerprint density at radius 3 is 2.18 bits per heavy atom. The van der Waals surface area contributed by atoms with Crippen LogP contribution in [0, 0.1) is 6.92 Å². The standard InChI is InChI=1S/C14H14Cl2O5S/c1-7-9(15)4-8(5-10(7)16)11(17)6-12(14(20)21)22-3-2-13(18)19/h4-5,12H,2-3,6H2,1H3,(H,18,19)(H,20,21). The Bertz CT molecular complexity index is 580. The van der Waals surface area contributed by atoms with Gasteiger partial charge in [-0.05, 0) is 24.6 Å². The molecular weight excluding hydrogens is 351 g/mol. The second kappa shape index (κ2) is 8.41. The van der Waals surface area contributed by atoms with Crippen LogP contribution in [-0.2, 0) is 9.59 Å². The zero-order valence-corrected chi connectivity index (χ0v) is 14.0. The van der Waals surface area contributed by atoms with Gasteiger partial charge < -0.3 is 10.2 Å². The normalized spacial score (nSPS) is 12.0. The van der Waals surface area contributed by atoms with Crippen molar-refractivity contribution in [1.29, 1.82) is 0 Å². The molecule has 22 heavy (non-hydrogen) atoms. The molecule has 0 aromatic heterocycles. The largest absolute Gasteiger partial charge is 0.481 e. The van der Waals surface area contributed by atoms with Gasteiger partial charge in [-0.15, -0.1) is 11.8 Å². The number of ketones is 1. The molecule has 1 rings (SSSR count). The van der Waals surface area contributed by atoms with E-state index in [4.69, 9.17) is 33.4 Å². The molecule has 0 amide bonds. The molecule has 5 nitrogen and oxygen atoms in total. The Morgan fingerprint density at radius 2 is 1.73 bits per heavy atom. The van der Waals surface area contributed by atoms with Crippen molar-refractivity contribution in [2.24, 2.45) is 0 Å². The number of halogens is 2. The predicted octanol–water partition coefficient (Wildman–Crippen LogP) is 3.54. The highest BCUT2D eigenvalue weighted by molar-refractivity contribution is 8.00. The van der Waals surface area contributed by atoms with Crippen LogP contribution in [0.15, 0.2) is 12.1 Å². The van der Waals surface area contributed by atoms with Crippen molar-refractivity contribution in [3.63, 3.8) is 0 Å². The van der Waals surface area contributed by atoms with E-state index < -0.39 is 23.0 Å². The third kappa shape index (κ3) is 5.51. The van der Waals surface area contributed by atoms with Crippen molar-refractivity contribution in [2.45, 2.75) is 25.0 Å². The second-order valence-corrected chi connectivity index (χ2v) is 6.66. The van der Waals surface area contributed by atoms with Crippen molar-refractivity contribution in [2.75, 3.05) is 5.75 Å². The molecule has 0 radical (unpaired) electrons. The van der Waals surface area contributed by atoms with Crippen molar-refractivity contribution in [3.8, 4) is 0 Å². The van der Waals surface area contributed by atoms with Crippen LogP contribution in [0.4, 0.5) is 0 Å². The quantitative estimate of drug-likeness (QED) is 0.685. The Kier molecular flexibility index (Phi) is 7.19. The SMILES string of the molecule is Cc1c(Cl)cc(C(=O)CC(SCCC(=O)O)C(=O)O)cc1Cl. The summed E-state index contributed by atoms with van der Waals surface area (Å²) in [6.45, 7) is 1.71. The number of thioether (sulfide) groups is 1. The van der Waals surface area contributed by atoms with E-state index in [0.29, 0.717) is 15.6 Å². The van der Waals surface area contributed by atoms with Gasteiger partial charge in [-0.1, -0.05) is 23.2 Å². The number of carbonyl (C=O) groups excluding carboxylic acids is 1. The smallest absolute Gasteiger partial charge is 0.317 e. The molecular formula is C14H14Cl2O5S. The van der Waals surface area contributed by atoms with E-state index in [1.165, 1.54) is 12.1 Å². The highest BCUT2D eigenvalue weighted by atomic mass is 35.5. The zero-order chi connectivity index (χ0) is 16.9. The maximum atomic E-state index is 12.2. The molecule has 0 aliphatic rings. The first-order chi connectivity index (χ1) is 10.2. The van der Waals surface area contributed by atoms with Gasteiger partial charge in [0.2, 0.25) is 0 Å². The average Bonchev–Trinajstić information content (AvgIpc) is 2.42. The maximum absolute atomic E-state index is 12.2. The number of benzene rings is 1. The molecule has 0 aliphatic carbocycles. The summed E-state index contributed by atoms with van der Waals surface area (Å²) in [5.74, 6) is -2.46. The fourth-order valence-electron chi connectivity index (χ4n) is 1.60. The minimum atomic E-state index is -1.16. The maximum Gasteiger partial charge on any atom is 0.317 e. The monoisotopic (exact) mass is 364 g/mol. The van der Waals surface area contributed by atoms with Gasteiger partial charge in [0, 0.05) is 27.8 Å². The van der Waals surface area contributed by atoms with Gasteiger partial charge in [0.15, 0.2) is 5.78 Å². The van der Waals surface area contributed by atoms with Crippen molar-refractivity contribution < 1.29 is 24.6 Å². The first kappa shape index (κ1) is 18.8. The summed E-state index contributed by atoms with van der Waals surface area (Å²) in [6, 6.07) is 2.90. The van der Waals surface area contributed by atoms with Gasteiger partial charge in [0.25, 0.3) is 0 Å². The van der Waals surface area contributed by atoms with Crippen LogP contribution in [0.1, 0.15) is 28.8 Å². The average molecular weight is 365 g/mol. The predicted molar refractivity (Wildman–Crippen MR) is 86.3 cm³/mol. The van der Waals surface area contributed by atoms with E-state index in [2.05, 4.69) is 0 Å². The summed E-state index contributed by atoms with van der Waals surface area (Å²) in [4.78, 5) is 33.8. The van der Waals surface area contributed by atoms with Crippen LogP contribution < -0.4 is 0 Å². The van der Waals surface area contributed by atoms with Crippen LogP contribution in [-0.4, -0.2) is 38.9 Å². The Balaban J connectivity index is 2.79. The zero-order valence-electron chi connectivity index (χ0n) is 11.6. The summed E-state index contributed by atoms with van der Waals surface area (Å²) >= 11 is 12.8. The van der Waals surface area contributed by atoms with E-state index >= 15 is 0 Å². The van der Waals surface area contributed by atoms with Gasteiger partial charge in [-0.3, -0.25) is 14.4 Å². The molecule has 0 spiro atoms. The van der Waals surface area contributed by atoms with E-state index in [0.717, 1.165) is 11.8 Å². The van der Waals surface area contributed by atoms with Crippen LogP contribution >= 0.6 is 35.0 Å². The lowest BCUT2D eigenvalue weighted by Gasteiger charge is -2.11. The van der Waals surface area contributed by atoms with Crippen LogP contribution in [0.3, 0.4) is 0 Å². The van der Waals surface area contributed by atoms with Gasteiger partial charge in [0.1, 0.15) is 5.25 Å². The summed E-state index contributed by atoms with van der Waals surface area (Å²) in [6.07, 6.45) is -0.417. The molecule has 120 valence electrons. The van der Waals surface area contributed by atoms with Crippen molar-refractivity contribution >= 4 is 52.7 Å². The lowest BCUT2D eigenvalue weighted by molar-refractivity contribution is -0.137. The summed E-state index contributed by atoms with van der Waals surface area (Å²) in [5.41, 5.74) is 0.885. The molecule has 1 atom stereocenters. The van der Waals surface area contributed by atoms with Crippen molar-refractivity contribution in [3.05, 3.63) is 33.3 Å².